The number of ether oxygens (including phenoxy) is 1. The highest BCUT2D eigenvalue weighted by molar-refractivity contribution is 5.64. The van der Waals surface area contributed by atoms with E-state index < -0.39 is 0 Å². The van der Waals surface area contributed by atoms with E-state index in [0.29, 0.717) is 18.1 Å². The van der Waals surface area contributed by atoms with E-state index >= 15 is 0 Å². The number of hydrogen-bond acceptors (Lipinski definition) is 1. The zero-order valence-corrected chi connectivity index (χ0v) is 12.5. The van der Waals surface area contributed by atoms with E-state index in [4.69, 9.17) is 4.74 Å². The molecule has 0 bridgehead atoms. The zero-order chi connectivity index (χ0) is 14.1. The molecular formula is C19H22O. The molecule has 104 valence electrons. The maximum atomic E-state index is 5.56. The molecule has 0 aliphatic carbocycles. The van der Waals surface area contributed by atoms with Gasteiger partial charge < -0.3 is 4.74 Å². The number of epoxide rings is 1. The Morgan fingerprint density at radius 3 is 2.30 bits per heavy atom. The third-order valence-electron chi connectivity index (χ3n) is 3.86. The first-order chi connectivity index (χ1) is 9.63. The monoisotopic (exact) mass is 266 g/mol. The third-order valence-corrected chi connectivity index (χ3v) is 3.86. The summed E-state index contributed by atoms with van der Waals surface area (Å²) in [6, 6.07) is 17.7. The topological polar surface area (TPSA) is 12.5 Å². The van der Waals surface area contributed by atoms with E-state index in [2.05, 4.69) is 69.3 Å². The summed E-state index contributed by atoms with van der Waals surface area (Å²) in [7, 11) is 0. The second kappa shape index (κ2) is 5.41. The fraction of sp³-hybridized carbons (Fsp3) is 0.368. The molecular weight excluding hydrogens is 244 g/mol. The molecule has 0 amide bonds. The Hall–Kier alpha value is -1.60. The summed E-state index contributed by atoms with van der Waals surface area (Å²) in [5.41, 5.74) is 5.27. The summed E-state index contributed by atoms with van der Waals surface area (Å²) in [5, 5.41) is 0. The van der Waals surface area contributed by atoms with E-state index in [-0.39, 0.29) is 0 Å². The van der Waals surface area contributed by atoms with Gasteiger partial charge in [-0.1, -0.05) is 56.3 Å². The molecule has 0 radical (unpaired) electrons. The van der Waals surface area contributed by atoms with Crippen LogP contribution in [-0.4, -0.2) is 6.10 Å². The minimum Gasteiger partial charge on any atom is -0.365 e. The summed E-state index contributed by atoms with van der Waals surface area (Å²) < 4.78 is 5.56. The van der Waals surface area contributed by atoms with Crippen molar-refractivity contribution in [3.05, 3.63) is 59.7 Å². The highest BCUT2D eigenvalue weighted by Crippen LogP contribution is 2.39. The van der Waals surface area contributed by atoms with Gasteiger partial charge in [0.25, 0.3) is 0 Å². The maximum Gasteiger partial charge on any atom is 0.109 e. The largest absolute Gasteiger partial charge is 0.365 e. The average molecular weight is 266 g/mol. The lowest BCUT2D eigenvalue weighted by molar-refractivity contribution is 0.383. The number of hydrogen-bond donors (Lipinski definition) is 0. The molecule has 2 unspecified atom stereocenters. The summed E-state index contributed by atoms with van der Waals surface area (Å²) >= 11 is 0. The van der Waals surface area contributed by atoms with Crippen LogP contribution in [-0.2, 0) is 11.2 Å². The smallest absolute Gasteiger partial charge is 0.109 e. The van der Waals surface area contributed by atoms with Gasteiger partial charge in [0.1, 0.15) is 6.10 Å². The van der Waals surface area contributed by atoms with Crippen molar-refractivity contribution in [2.45, 2.75) is 39.4 Å². The van der Waals surface area contributed by atoms with Crippen LogP contribution in [0.25, 0.3) is 11.1 Å². The highest BCUT2D eigenvalue weighted by Gasteiger charge is 2.35. The molecule has 0 aromatic heterocycles. The van der Waals surface area contributed by atoms with Crippen molar-refractivity contribution >= 4 is 0 Å². The predicted molar refractivity (Wildman–Crippen MR) is 83.7 cm³/mol. The van der Waals surface area contributed by atoms with E-state index in [9.17, 15) is 0 Å². The molecule has 2 aromatic carbocycles. The normalized spacial score (nSPS) is 21.2. The van der Waals surface area contributed by atoms with Gasteiger partial charge in [0, 0.05) is 0 Å². The summed E-state index contributed by atoms with van der Waals surface area (Å²) in [4.78, 5) is 0. The molecule has 1 saturated heterocycles. The fourth-order valence-electron chi connectivity index (χ4n) is 2.74. The van der Waals surface area contributed by atoms with Gasteiger partial charge in [0.15, 0.2) is 0 Å². The van der Waals surface area contributed by atoms with Crippen molar-refractivity contribution in [1.29, 1.82) is 0 Å². The Bertz CT molecular complexity index is 583. The first kappa shape index (κ1) is 13.4. The third kappa shape index (κ3) is 2.94. The molecule has 0 N–H and O–H groups in total. The van der Waals surface area contributed by atoms with Crippen LogP contribution in [0.15, 0.2) is 48.5 Å². The van der Waals surface area contributed by atoms with Gasteiger partial charge in [0.2, 0.25) is 0 Å². The second-order valence-electron chi connectivity index (χ2n) is 6.18. The molecule has 20 heavy (non-hydrogen) atoms. The van der Waals surface area contributed by atoms with Crippen LogP contribution in [0, 0.1) is 5.92 Å². The van der Waals surface area contributed by atoms with Crippen LogP contribution >= 0.6 is 0 Å². The van der Waals surface area contributed by atoms with Crippen molar-refractivity contribution in [1.82, 2.24) is 0 Å². The summed E-state index contributed by atoms with van der Waals surface area (Å²) in [6.07, 6.45) is 1.82. The molecule has 2 atom stereocenters. The van der Waals surface area contributed by atoms with Gasteiger partial charge in [0.05, 0.1) is 6.10 Å². The quantitative estimate of drug-likeness (QED) is 0.708. The Morgan fingerprint density at radius 2 is 1.70 bits per heavy atom. The minimum absolute atomic E-state index is 0.301. The Morgan fingerprint density at radius 1 is 1.00 bits per heavy atom. The van der Waals surface area contributed by atoms with Crippen LogP contribution in [0.1, 0.15) is 38.0 Å². The van der Waals surface area contributed by atoms with Crippen molar-refractivity contribution in [2.24, 2.45) is 5.92 Å². The van der Waals surface area contributed by atoms with Crippen LogP contribution in [0.3, 0.4) is 0 Å². The number of rotatable bonds is 4. The molecule has 1 aliphatic heterocycles. The Kier molecular flexibility index (Phi) is 3.62. The van der Waals surface area contributed by atoms with Gasteiger partial charge >= 0.3 is 0 Å². The molecule has 1 heteroatoms. The molecule has 1 aliphatic rings. The van der Waals surface area contributed by atoms with Gasteiger partial charge in [-0.25, -0.2) is 0 Å². The maximum absolute atomic E-state index is 5.56. The first-order valence-electron chi connectivity index (χ1n) is 7.48. The SMILES string of the molecule is CC(C)Cc1ccc(-c2cccc(C3OC3C)c2)cc1. The number of benzene rings is 2. The molecule has 2 aromatic rings. The van der Waals surface area contributed by atoms with Crippen molar-refractivity contribution in [2.75, 3.05) is 0 Å². The lowest BCUT2D eigenvalue weighted by atomic mass is 9.97. The van der Waals surface area contributed by atoms with Gasteiger partial charge in [-0.05, 0) is 47.6 Å². The zero-order valence-electron chi connectivity index (χ0n) is 12.5. The standard InChI is InChI=1S/C19H22O/c1-13(2)11-15-7-9-16(10-8-15)17-5-4-6-18(12-17)19-14(3)20-19/h4-10,12-14,19H,11H2,1-3H3. The summed E-state index contributed by atoms with van der Waals surface area (Å²) in [6.45, 7) is 6.64. The molecule has 0 spiro atoms. The lowest BCUT2D eigenvalue weighted by Gasteiger charge is -2.07. The van der Waals surface area contributed by atoms with Crippen molar-refractivity contribution < 1.29 is 4.74 Å². The van der Waals surface area contributed by atoms with E-state index in [0.717, 1.165) is 6.42 Å². The molecule has 1 heterocycles. The first-order valence-corrected chi connectivity index (χ1v) is 7.48. The Balaban J connectivity index is 1.82. The average Bonchev–Trinajstić information content (AvgIpc) is 3.16. The van der Waals surface area contributed by atoms with E-state index in [1.165, 1.54) is 22.3 Å². The Labute approximate surface area is 121 Å². The van der Waals surface area contributed by atoms with Gasteiger partial charge in [-0.3, -0.25) is 0 Å². The summed E-state index contributed by atoms with van der Waals surface area (Å²) in [5.74, 6) is 0.706. The van der Waals surface area contributed by atoms with Crippen LogP contribution < -0.4 is 0 Å². The second-order valence-corrected chi connectivity index (χ2v) is 6.18. The fourth-order valence-corrected chi connectivity index (χ4v) is 2.74. The van der Waals surface area contributed by atoms with Crippen molar-refractivity contribution in [3.8, 4) is 11.1 Å². The van der Waals surface area contributed by atoms with Crippen molar-refractivity contribution in [3.63, 3.8) is 0 Å². The van der Waals surface area contributed by atoms with Gasteiger partial charge in [-0.2, -0.15) is 0 Å². The van der Waals surface area contributed by atoms with E-state index in [1.807, 2.05) is 0 Å². The highest BCUT2D eigenvalue weighted by atomic mass is 16.6. The minimum atomic E-state index is 0.301. The van der Waals surface area contributed by atoms with E-state index in [1.54, 1.807) is 0 Å². The molecule has 1 fully saturated rings. The van der Waals surface area contributed by atoms with Crippen LogP contribution in [0.4, 0.5) is 0 Å². The van der Waals surface area contributed by atoms with Gasteiger partial charge in [-0.15, -0.1) is 0 Å². The molecule has 3 rings (SSSR count). The molecule has 0 saturated carbocycles. The lowest BCUT2D eigenvalue weighted by Crippen LogP contribution is -1.93. The molecule has 1 nitrogen and oxygen atoms in total. The predicted octanol–water partition coefficient (Wildman–Crippen LogP) is 5.01. The van der Waals surface area contributed by atoms with Crippen LogP contribution in [0.5, 0.6) is 0 Å². The van der Waals surface area contributed by atoms with Crippen LogP contribution in [0.2, 0.25) is 0 Å².